The van der Waals surface area contributed by atoms with Crippen LogP contribution in [0.4, 0.5) is 5.69 Å². The molecule has 248 valence electrons. The molecule has 0 saturated heterocycles. The van der Waals surface area contributed by atoms with Crippen molar-refractivity contribution in [3.63, 3.8) is 0 Å². The summed E-state index contributed by atoms with van der Waals surface area (Å²) in [4.78, 5) is 29.8. The van der Waals surface area contributed by atoms with Gasteiger partial charge in [0, 0.05) is 25.1 Å². The van der Waals surface area contributed by atoms with E-state index in [0.717, 1.165) is 9.87 Å². The molecule has 0 aliphatic carbocycles. The van der Waals surface area contributed by atoms with E-state index >= 15 is 0 Å². The van der Waals surface area contributed by atoms with Crippen molar-refractivity contribution in [3.05, 3.63) is 118 Å². The second-order valence-electron chi connectivity index (χ2n) is 11.0. The van der Waals surface area contributed by atoms with Crippen molar-refractivity contribution >= 4 is 50.7 Å². The predicted molar refractivity (Wildman–Crippen MR) is 185 cm³/mol. The van der Waals surface area contributed by atoms with Crippen molar-refractivity contribution in [3.8, 4) is 11.5 Å². The molecule has 0 aliphatic rings. The van der Waals surface area contributed by atoms with Gasteiger partial charge in [-0.05, 0) is 61.4 Å². The van der Waals surface area contributed by atoms with Gasteiger partial charge in [-0.3, -0.25) is 13.9 Å². The van der Waals surface area contributed by atoms with Crippen LogP contribution in [-0.4, -0.2) is 58.0 Å². The highest BCUT2D eigenvalue weighted by molar-refractivity contribution is 7.92. The fraction of sp³-hybridized carbons (Fsp3) is 0.257. The predicted octanol–water partition coefficient (Wildman–Crippen LogP) is 6.37. The molecule has 1 atom stereocenters. The molecule has 0 fully saturated rings. The second-order valence-corrected chi connectivity index (χ2v) is 13.7. The highest BCUT2D eigenvalue weighted by atomic mass is 35.5. The third-order valence-corrected chi connectivity index (χ3v) is 9.83. The highest BCUT2D eigenvalue weighted by Crippen LogP contribution is 2.34. The lowest BCUT2D eigenvalue weighted by Gasteiger charge is -2.34. The normalized spacial score (nSPS) is 11.9. The number of nitrogens with zero attached hydrogens (tertiary/aromatic N) is 2. The highest BCUT2D eigenvalue weighted by Gasteiger charge is 2.35. The summed E-state index contributed by atoms with van der Waals surface area (Å²) in [7, 11) is -1.38. The van der Waals surface area contributed by atoms with E-state index in [4.69, 9.17) is 32.7 Å². The molecule has 4 rings (SSSR count). The quantitative estimate of drug-likeness (QED) is 0.164. The number of methoxy groups -OCH3 is 2. The van der Waals surface area contributed by atoms with Gasteiger partial charge in [0.05, 0.1) is 34.8 Å². The molecule has 0 unspecified atom stereocenters. The summed E-state index contributed by atoms with van der Waals surface area (Å²) in [5.41, 5.74) is 1.59. The van der Waals surface area contributed by atoms with Crippen molar-refractivity contribution in [2.45, 2.75) is 43.8 Å². The number of carbonyl (C=O) groups is 2. The summed E-state index contributed by atoms with van der Waals surface area (Å²) < 4.78 is 40.2. The summed E-state index contributed by atoms with van der Waals surface area (Å²) >= 11 is 12.5. The van der Waals surface area contributed by atoms with Gasteiger partial charge in [-0.15, -0.1) is 0 Å². The molecule has 0 radical (unpaired) electrons. The monoisotopic (exact) mass is 697 g/mol. The van der Waals surface area contributed by atoms with Crippen LogP contribution in [0.15, 0.2) is 102 Å². The summed E-state index contributed by atoms with van der Waals surface area (Å²) in [6.07, 6.45) is 0.175. The van der Waals surface area contributed by atoms with Gasteiger partial charge in [0.2, 0.25) is 11.8 Å². The number of nitrogens with one attached hydrogen (secondary N) is 1. The van der Waals surface area contributed by atoms with Crippen LogP contribution in [0.5, 0.6) is 11.5 Å². The molecule has 0 bridgehead atoms. The molecule has 0 saturated carbocycles. The Balaban J connectivity index is 1.85. The van der Waals surface area contributed by atoms with Gasteiger partial charge in [-0.1, -0.05) is 77.8 Å². The van der Waals surface area contributed by atoms with E-state index in [1.54, 1.807) is 42.5 Å². The number of rotatable bonds is 14. The van der Waals surface area contributed by atoms with Crippen LogP contribution in [0.2, 0.25) is 10.0 Å². The molecule has 2 amide bonds. The maximum absolute atomic E-state index is 14.6. The fourth-order valence-corrected chi connectivity index (χ4v) is 6.75. The summed E-state index contributed by atoms with van der Waals surface area (Å²) in [6.45, 7) is 2.97. The van der Waals surface area contributed by atoms with Gasteiger partial charge in [0.15, 0.2) is 11.5 Å². The lowest BCUT2D eigenvalue weighted by molar-refractivity contribution is -0.140. The zero-order chi connectivity index (χ0) is 34.1. The number of amides is 2. The summed E-state index contributed by atoms with van der Waals surface area (Å²) in [5.74, 6) is -0.350. The van der Waals surface area contributed by atoms with E-state index < -0.39 is 28.5 Å². The van der Waals surface area contributed by atoms with Crippen LogP contribution in [0.25, 0.3) is 0 Å². The Morgan fingerprint density at radius 2 is 1.43 bits per heavy atom. The topological polar surface area (TPSA) is 105 Å². The first kappa shape index (κ1) is 35.6. The van der Waals surface area contributed by atoms with E-state index in [9.17, 15) is 18.0 Å². The first-order chi connectivity index (χ1) is 22.4. The number of carbonyl (C=O) groups excluding carboxylic acids is 2. The van der Waals surface area contributed by atoms with Crippen molar-refractivity contribution in [2.75, 3.05) is 25.1 Å². The summed E-state index contributed by atoms with van der Waals surface area (Å²) in [5, 5.41) is 3.54. The molecule has 0 heterocycles. The zero-order valence-corrected chi connectivity index (χ0v) is 28.9. The number of ether oxygens (including phenoxy) is 2. The maximum atomic E-state index is 14.6. The van der Waals surface area contributed by atoms with Crippen molar-refractivity contribution in [2.24, 2.45) is 0 Å². The maximum Gasteiger partial charge on any atom is 0.264 e. The average molecular weight is 699 g/mol. The van der Waals surface area contributed by atoms with Crippen LogP contribution in [0.1, 0.15) is 25.0 Å². The molecule has 4 aromatic carbocycles. The minimum Gasteiger partial charge on any atom is -0.493 e. The van der Waals surface area contributed by atoms with Gasteiger partial charge >= 0.3 is 0 Å². The second kappa shape index (κ2) is 16.0. The van der Waals surface area contributed by atoms with Crippen LogP contribution in [0, 0.1) is 0 Å². The first-order valence-electron chi connectivity index (χ1n) is 14.8. The molecule has 0 spiro atoms. The molecule has 4 aromatic rings. The van der Waals surface area contributed by atoms with Crippen LogP contribution < -0.4 is 19.1 Å². The standard InChI is InChI=1S/C35H37Cl2N3O6S/c1-24(2)38-35(42)31(20-25-11-7-5-8-12-25)39(22-26-15-17-29(36)30(37)19-26)34(41)23-40(47(43,44)28-13-9-6-10-14-28)27-16-18-32(45-3)33(21-27)46-4/h5-19,21,24,31H,20,22-23H2,1-4H3,(H,38,42)/t31-/m0/s1. The molecular formula is C35H37Cl2N3O6S. The van der Waals surface area contributed by atoms with E-state index in [-0.39, 0.29) is 46.3 Å². The minimum absolute atomic E-state index is 0.0167. The van der Waals surface area contributed by atoms with Gasteiger partial charge in [0.25, 0.3) is 10.0 Å². The SMILES string of the molecule is COc1ccc(N(CC(=O)N(Cc2ccc(Cl)c(Cl)c2)[C@@H](Cc2ccccc2)C(=O)NC(C)C)S(=O)(=O)c2ccccc2)cc1OC. The number of anilines is 1. The molecule has 9 nitrogen and oxygen atoms in total. The van der Waals surface area contributed by atoms with E-state index in [2.05, 4.69) is 5.32 Å². The fourth-order valence-electron chi connectivity index (χ4n) is 5.00. The third-order valence-electron chi connectivity index (χ3n) is 7.30. The zero-order valence-electron chi connectivity index (χ0n) is 26.5. The Morgan fingerprint density at radius 1 is 0.787 bits per heavy atom. The first-order valence-corrected chi connectivity index (χ1v) is 17.0. The number of benzene rings is 4. The smallest absolute Gasteiger partial charge is 0.264 e. The van der Waals surface area contributed by atoms with E-state index in [0.29, 0.717) is 16.3 Å². The molecule has 47 heavy (non-hydrogen) atoms. The van der Waals surface area contributed by atoms with Crippen molar-refractivity contribution < 1.29 is 27.5 Å². The molecular weight excluding hydrogens is 661 g/mol. The minimum atomic E-state index is -4.29. The Labute approximate surface area is 286 Å². The van der Waals surface area contributed by atoms with Crippen molar-refractivity contribution in [1.29, 1.82) is 0 Å². The number of hydrogen-bond acceptors (Lipinski definition) is 6. The third kappa shape index (κ3) is 8.97. The largest absolute Gasteiger partial charge is 0.493 e. The Morgan fingerprint density at radius 3 is 2.02 bits per heavy atom. The molecule has 0 aliphatic heterocycles. The van der Waals surface area contributed by atoms with E-state index in [1.165, 1.54) is 43.4 Å². The Hall–Kier alpha value is -4.25. The Kier molecular flexibility index (Phi) is 12.1. The molecule has 1 N–H and O–H groups in total. The number of sulfonamides is 1. The van der Waals surface area contributed by atoms with Gasteiger partial charge in [0.1, 0.15) is 12.6 Å². The van der Waals surface area contributed by atoms with Gasteiger partial charge < -0.3 is 19.7 Å². The van der Waals surface area contributed by atoms with Crippen LogP contribution in [0.3, 0.4) is 0 Å². The average Bonchev–Trinajstić information content (AvgIpc) is 3.06. The summed E-state index contributed by atoms with van der Waals surface area (Å²) in [6, 6.07) is 25.4. The molecule has 0 aromatic heterocycles. The molecule has 12 heteroatoms. The van der Waals surface area contributed by atoms with Gasteiger partial charge in [-0.25, -0.2) is 8.42 Å². The number of hydrogen-bond donors (Lipinski definition) is 1. The van der Waals surface area contributed by atoms with Crippen molar-refractivity contribution in [1.82, 2.24) is 10.2 Å². The lowest BCUT2D eigenvalue weighted by Crippen LogP contribution is -2.54. The number of halogens is 2. The Bertz CT molecular complexity index is 1790. The van der Waals surface area contributed by atoms with Crippen LogP contribution >= 0.6 is 23.2 Å². The van der Waals surface area contributed by atoms with Crippen LogP contribution in [-0.2, 0) is 32.6 Å². The van der Waals surface area contributed by atoms with Gasteiger partial charge in [-0.2, -0.15) is 0 Å². The lowest BCUT2D eigenvalue weighted by atomic mass is 10.0. The van der Waals surface area contributed by atoms with E-state index in [1.807, 2.05) is 44.2 Å².